The van der Waals surface area contributed by atoms with E-state index >= 15 is 0 Å². The van der Waals surface area contributed by atoms with E-state index in [9.17, 15) is 4.79 Å². The monoisotopic (exact) mass is 224 g/mol. The van der Waals surface area contributed by atoms with E-state index in [4.69, 9.17) is 0 Å². The van der Waals surface area contributed by atoms with Gasteiger partial charge in [-0.15, -0.1) is 0 Å². The summed E-state index contributed by atoms with van der Waals surface area (Å²) in [6.07, 6.45) is 6.80. The molecule has 1 saturated carbocycles. The summed E-state index contributed by atoms with van der Waals surface area (Å²) in [4.78, 5) is 14.7. The summed E-state index contributed by atoms with van der Waals surface area (Å²) in [5.41, 5.74) is -0.192. The van der Waals surface area contributed by atoms with E-state index in [1.807, 2.05) is 0 Å². The third-order valence-electron chi connectivity index (χ3n) is 4.34. The topological polar surface area (TPSA) is 32.3 Å². The van der Waals surface area contributed by atoms with Crippen molar-refractivity contribution in [2.45, 2.75) is 77.0 Å². The van der Waals surface area contributed by atoms with Crippen molar-refractivity contribution in [1.29, 1.82) is 0 Å². The molecule has 3 nitrogen and oxygen atoms in total. The minimum atomic E-state index is -0.192. The molecule has 3 heteroatoms. The van der Waals surface area contributed by atoms with Crippen molar-refractivity contribution in [2.24, 2.45) is 0 Å². The molecule has 1 saturated heterocycles. The lowest BCUT2D eigenvalue weighted by molar-refractivity contribution is -0.135. The molecule has 2 rings (SSSR count). The highest BCUT2D eigenvalue weighted by atomic mass is 16.2. The van der Waals surface area contributed by atoms with Gasteiger partial charge in [0.2, 0.25) is 5.91 Å². The lowest BCUT2D eigenvalue weighted by Crippen LogP contribution is -2.45. The van der Waals surface area contributed by atoms with Crippen LogP contribution in [-0.4, -0.2) is 28.6 Å². The van der Waals surface area contributed by atoms with Crippen LogP contribution in [0.4, 0.5) is 0 Å². The zero-order chi connectivity index (χ0) is 11.8. The Hall–Kier alpha value is -0.570. The molecule has 0 aromatic carbocycles. The molecule has 2 fully saturated rings. The minimum absolute atomic E-state index is 0.192. The van der Waals surface area contributed by atoms with Gasteiger partial charge in [0.1, 0.15) is 0 Å². The van der Waals surface area contributed by atoms with Gasteiger partial charge >= 0.3 is 0 Å². The highest BCUT2D eigenvalue weighted by molar-refractivity contribution is 5.89. The average Bonchev–Trinajstić information content (AvgIpc) is 2.81. The SMILES string of the molecule is CCC(CC)N1C(=O)C2(CCCC2)NC1C. The third-order valence-corrected chi connectivity index (χ3v) is 4.34. The van der Waals surface area contributed by atoms with Crippen LogP contribution < -0.4 is 5.32 Å². The molecule has 1 aliphatic heterocycles. The Morgan fingerprint density at radius 1 is 1.38 bits per heavy atom. The highest BCUT2D eigenvalue weighted by Crippen LogP contribution is 2.37. The first-order valence-electron chi connectivity index (χ1n) is 6.75. The molecule has 0 aromatic rings. The average molecular weight is 224 g/mol. The predicted octanol–water partition coefficient (Wildman–Crippen LogP) is 2.27. The van der Waals surface area contributed by atoms with Gasteiger partial charge in [0.05, 0.1) is 11.7 Å². The first-order chi connectivity index (χ1) is 7.64. The van der Waals surface area contributed by atoms with Crippen molar-refractivity contribution in [2.75, 3.05) is 0 Å². The summed E-state index contributed by atoms with van der Waals surface area (Å²) in [6, 6.07) is 0.412. The van der Waals surface area contributed by atoms with Gasteiger partial charge in [0.25, 0.3) is 0 Å². The summed E-state index contributed by atoms with van der Waals surface area (Å²) in [5.74, 6) is 0.367. The van der Waals surface area contributed by atoms with E-state index in [1.54, 1.807) is 0 Å². The molecule has 1 spiro atoms. The smallest absolute Gasteiger partial charge is 0.244 e. The maximum atomic E-state index is 12.6. The maximum Gasteiger partial charge on any atom is 0.244 e. The molecule has 92 valence electrons. The lowest BCUT2D eigenvalue weighted by Gasteiger charge is -2.30. The molecular weight excluding hydrogens is 200 g/mol. The summed E-state index contributed by atoms with van der Waals surface area (Å²) in [6.45, 7) is 6.48. The molecule has 1 heterocycles. The predicted molar refractivity (Wildman–Crippen MR) is 65.0 cm³/mol. The molecule has 1 unspecified atom stereocenters. The maximum absolute atomic E-state index is 12.6. The van der Waals surface area contributed by atoms with Crippen molar-refractivity contribution >= 4 is 5.91 Å². The number of nitrogens with one attached hydrogen (secondary N) is 1. The molecule has 1 amide bonds. The van der Waals surface area contributed by atoms with Gasteiger partial charge in [-0.3, -0.25) is 10.1 Å². The first-order valence-corrected chi connectivity index (χ1v) is 6.75. The molecule has 0 radical (unpaired) electrons. The Balaban J connectivity index is 2.18. The molecular formula is C13H24N2O. The van der Waals surface area contributed by atoms with Crippen molar-refractivity contribution in [3.8, 4) is 0 Å². The fourth-order valence-electron chi connectivity index (χ4n) is 3.46. The molecule has 1 N–H and O–H groups in total. The van der Waals surface area contributed by atoms with Crippen LogP contribution in [0.3, 0.4) is 0 Å². The van der Waals surface area contributed by atoms with Crippen molar-refractivity contribution in [1.82, 2.24) is 10.2 Å². The zero-order valence-corrected chi connectivity index (χ0v) is 10.8. The van der Waals surface area contributed by atoms with Crippen molar-refractivity contribution in [3.63, 3.8) is 0 Å². The van der Waals surface area contributed by atoms with Crippen LogP contribution in [0.5, 0.6) is 0 Å². The Morgan fingerprint density at radius 3 is 2.44 bits per heavy atom. The van der Waals surface area contributed by atoms with Crippen LogP contribution in [0.1, 0.15) is 59.3 Å². The molecule has 2 aliphatic rings. The summed E-state index contributed by atoms with van der Waals surface area (Å²) < 4.78 is 0. The number of hydrogen-bond acceptors (Lipinski definition) is 2. The Morgan fingerprint density at radius 2 is 1.94 bits per heavy atom. The van der Waals surface area contributed by atoms with Crippen LogP contribution in [-0.2, 0) is 4.79 Å². The van der Waals surface area contributed by atoms with Gasteiger partial charge in [-0.05, 0) is 32.6 Å². The summed E-state index contributed by atoms with van der Waals surface area (Å²) >= 11 is 0. The molecule has 1 aliphatic carbocycles. The standard InChI is InChI=1S/C13H24N2O/c1-4-11(5-2)15-10(3)14-13(12(15)16)8-6-7-9-13/h10-11,14H,4-9H2,1-3H3. The van der Waals surface area contributed by atoms with E-state index in [2.05, 4.69) is 31.0 Å². The van der Waals surface area contributed by atoms with Gasteiger partial charge in [-0.1, -0.05) is 26.7 Å². The second-order valence-corrected chi connectivity index (χ2v) is 5.29. The van der Waals surface area contributed by atoms with Crippen LogP contribution in [0.2, 0.25) is 0 Å². The fourth-order valence-corrected chi connectivity index (χ4v) is 3.46. The van der Waals surface area contributed by atoms with E-state index in [0.717, 1.165) is 25.7 Å². The molecule has 1 atom stereocenters. The number of carbonyl (C=O) groups is 1. The summed E-state index contributed by atoms with van der Waals surface area (Å²) in [7, 11) is 0. The van der Waals surface area contributed by atoms with Crippen molar-refractivity contribution < 1.29 is 4.79 Å². The third kappa shape index (κ3) is 1.65. The van der Waals surface area contributed by atoms with Gasteiger partial charge < -0.3 is 4.90 Å². The van der Waals surface area contributed by atoms with E-state index in [1.165, 1.54) is 12.8 Å². The number of carbonyl (C=O) groups excluding carboxylic acids is 1. The first kappa shape index (κ1) is 11.9. The van der Waals surface area contributed by atoms with Crippen LogP contribution in [0, 0.1) is 0 Å². The number of amides is 1. The Kier molecular flexibility index (Phi) is 3.24. The van der Waals surface area contributed by atoms with Crippen molar-refractivity contribution in [3.05, 3.63) is 0 Å². The normalized spacial score (nSPS) is 28.6. The van der Waals surface area contributed by atoms with E-state index in [-0.39, 0.29) is 11.7 Å². The Bertz CT molecular complexity index is 267. The molecule has 16 heavy (non-hydrogen) atoms. The number of nitrogens with zero attached hydrogens (tertiary/aromatic N) is 1. The second kappa shape index (κ2) is 4.36. The number of rotatable bonds is 3. The fraction of sp³-hybridized carbons (Fsp3) is 0.923. The minimum Gasteiger partial charge on any atom is -0.323 e. The van der Waals surface area contributed by atoms with E-state index < -0.39 is 0 Å². The van der Waals surface area contributed by atoms with Gasteiger partial charge in [0.15, 0.2) is 0 Å². The molecule has 0 aromatic heterocycles. The van der Waals surface area contributed by atoms with Crippen LogP contribution in [0.15, 0.2) is 0 Å². The highest BCUT2D eigenvalue weighted by Gasteiger charge is 2.52. The zero-order valence-electron chi connectivity index (χ0n) is 10.8. The summed E-state index contributed by atoms with van der Waals surface area (Å²) in [5, 5.41) is 3.55. The van der Waals surface area contributed by atoms with Gasteiger partial charge in [-0.2, -0.15) is 0 Å². The molecule has 0 bridgehead atoms. The van der Waals surface area contributed by atoms with Gasteiger partial charge in [-0.25, -0.2) is 0 Å². The second-order valence-electron chi connectivity index (χ2n) is 5.29. The lowest BCUT2D eigenvalue weighted by atomic mass is 9.97. The number of hydrogen-bond donors (Lipinski definition) is 1. The van der Waals surface area contributed by atoms with E-state index in [0.29, 0.717) is 11.9 Å². The van der Waals surface area contributed by atoms with Crippen LogP contribution >= 0.6 is 0 Å². The van der Waals surface area contributed by atoms with Gasteiger partial charge in [0, 0.05) is 6.04 Å². The quantitative estimate of drug-likeness (QED) is 0.797. The largest absolute Gasteiger partial charge is 0.323 e. The van der Waals surface area contributed by atoms with Crippen LogP contribution in [0.25, 0.3) is 0 Å². The Labute approximate surface area is 98.6 Å².